The number of phenols is 1. The number of carbonyl (C=O) groups excluding carboxylic acids is 4. The number of amides is 2. The van der Waals surface area contributed by atoms with Crippen LogP contribution in [0.25, 0.3) is 5.76 Å². The summed E-state index contributed by atoms with van der Waals surface area (Å²) in [5.41, 5.74) is 0.618. The number of fused-ring (bicyclic) bond motifs is 3. The Morgan fingerprint density at radius 3 is 2.44 bits per heavy atom. The zero-order valence-electron chi connectivity index (χ0n) is 21.3. The van der Waals surface area contributed by atoms with Crippen molar-refractivity contribution in [1.29, 1.82) is 0 Å². The Hall–Kier alpha value is -4.20. The molecule has 0 heterocycles. The van der Waals surface area contributed by atoms with Crippen LogP contribution in [0.15, 0.2) is 41.7 Å². The topological polar surface area (TPSA) is 220 Å². The van der Waals surface area contributed by atoms with E-state index in [-0.39, 0.29) is 17.9 Å². The van der Waals surface area contributed by atoms with Crippen molar-refractivity contribution in [3.8, 4) is 5.75 Å². The number of ketones is 2. The van der Waals surface area contributed by atoms with Gasteiger partial charge in [-0.3, -0.25) is 24.6 Å². The van der Waals surface area contributed by atoms with Gasteiger partial charge in [-0.1, -0.05) is 25.6 Å². The van der Waals surface area contributed by atoms with E-state index in [2.05, 4.69) is 11.9 Å². The van der Waals surface area contributed by atoms with E-state index in [0.717, 1.165) is 0 Å². The van der Waals surface area contributed by atoms with E-state index in [4.69, 9.17) is 10.5 Å². The van der Waals surface area contributed by atoms with Crippen molar-refractivity contribution in [2.24, 2.45) is 17.6 Å². The number of carbonyl (C=O) groups is 4. The van der Waals surface area contributed by atoms with Gasteiger partial charge in [0.25, 0.3) is 5.91 Å². The first kappa shape index (κ1) is 27.8. The molecule has 4 rings (SSSR count). The molecule has 1 aromatic rings. The molecule has 2 amide bonds. The number of primary amides is 1. The maximum Gasteiger partial charge on any atom is 0.412 e. The van der Waals surface area contributed by atoms with Gasteiger partial charge in [0.15, 0.2) is 11.4 Å². The summed E-state index contributed by atoms with van der Waals surface area (Å²) < 4.78 is 4.83. The molecule has 39 heavy (non-hydrogen) atoms. The van der Waals surface area contributed by atoms with Crippen LogP contribution in [0.4, 0.5) is 10.5 Å². The van der Waals surface area contributed by atoms with Crippen molar-refractivity contribution in [2.45, 2.75) is 30.6 Å². The number of likely N-dealkylation sites (N-methyl/N-ethyl adjacent to an activating group) is 1. The molecule has 6 unspecified atom stereocenters. The molecule has 0 spiro atoms. The monoisotopic (exact) mass is 543 g/mol. The van der Waals surface area contributed by atoms with Crippen LogP contribution in [0, 0.1) is 11.8 Å². The van der Waals surface area contributed by atoms with E-state index >= 15 is 0 Å². The van der Waals surface area contributed by atoms with E-state index in [1.165, 1.54) is 37.2 Å². The Balaban J connectivity index is 1.94. The fourth-order valence-electron chi connectivity index (χ4n) is 6.00. The second kappa shape index (κ2) is 9.52. The number of aliphatic hydroxyl groups is 4. The van der Waals surface area contributed by atoms with Gasteiger partial charge in [-0.2, -0.15) is 0 Å². The van der Waals surface area contributed by atoms with Crippen LogP contribution in [-0.2, 0) is 19.1 Å². The smallest absolute Gasteiger partial charge is 0.412 e. The minimum atomic E-state index is -3.01. The fraction of sp³-hybridized carbons (Fsp3) is 0.385. The molecule has 1 saturated carbocycles. The van der Waals surface area contributed by atoms with E-state index in [1.54, 1.807) is 6.92 Å². The second-order valence-electron chi connectivity index (χ2n) is 9.99. The predicted molar refractivity (Wildman–Crippen MR) is 136 cm³/mol. The summed E-state index contributed by atoms with van der Waals surface area (Å²) in [6.45, 7) is 4.91. The number of phenolic OH excluding ortho intramolecular Hbond substituents is 1. The van der Waals surface area contributed by atoms with Gasteiger partial charge in [0.05, 0.1) is 29.3 Å². The van der Waals surface area contributed by atoms with Gasteiger partial charge in [0, 0.05) is 11.5 Å². The van der Waals surface area contributed by atoms with Crippen LogP contribution < -0.4 is 11.1 Å². The van der Waals surface area contributed by atoms with Crippen molar-refractivity contribution in [3.05, 3.63) is 52.8 Å². The summed E-state index contributed by atoms with van der Waals surface area (Å²) in [5.74, 6) is -10.0. The number of aromatic hydroxyl groups is 1. The highest BCUT2D eigenvalue weighted by Gasteiger charge is 2.68. The van der Waals surface area contributed by atoms with Crippen molar-refractivity contribution in [1.82, 2.24) is 4.90 Å². The number of Topliss-reactive ketones (excluding diaryl/α,β-unsaturated/α-hetero) is 2. The van der Waals surface area contributed by atoms with Gasteiger partial charge in [0.1, 0.15) is 29.4 Å². The number of hydrogen-bond donors (Lipinski definition) is 7. The first-order valence-electron chi connectivity index (χ1n) is 11.9. The Kier molecular flexibility index (Phi) is 6.79. The molecular formula is C26H29N3O10. The Morgan fingerprint density at radius 2 is 1.87 bits per heavy atom. The lowest BCUT2D eigenvalue weighted by Crippen LogP contribution is -2.70. The standard InChI is InChI=1S/C26H29N3O10/c1-5-8-39-25(37)28-11-7-6-10-9(2)12-14(19(31)13(10)18(11)30)22(34)26(38)16(20(12)32)17(29(3)4)21(33)15(23(26)35)24(27)36/h5-7,9,12,16-17,20,30-32,35,38H,1,8H2,2-4H3,(H2,27,36)(H,28,37). The minimum Gasteiger partial charge on any atom is -0.508 e. The van der Waals surface area contributed by atoms with Crippen LogP contribution in [0.5, 0.6) is 5.75 Å². The van der Waals surface area contributed by atoms with Crippen molar-refractivity contribution in [2.75, 3.05) is 26.0 Å². The molecule has 1 aromatic carbocycles. The van der Waals surface area contributed by atoms with E-state index in [9.17, 15) is 44.7 Å². The van der Waals surface area contributed by atoms with Crippen molar-refractivity contribution < 1.29 is 49.4 Å². The number of nitrogens with two attached hydrogens (primary N) is 1. The number of aliphatic hydroxyl groups excluding tert-OH is 3. The number of hydrogen-bond acceptors (Lipinski definition) is 11. The van der Waals surface area contributed by atoms with Crippen molar-refractivity contribution in [3.63, 3.8) is 0 Å². The highest BCUT2D eigenvalue weighted by molar-refractivity contribution is 6.24. The molecule has 13 heteroatoms. The summed E-state index contributed by atoms with van der Waals surface area (Å²) in [4.78, 5) is 52.5. The summed E-state index contributed by atoms with van der Waals surface area (Å²) >= 11 is 0. The van der Waals surface area contributed by atoms with Gasteiger partial charge in [-0.25, -0.2) is 4.79 Å². The summed E-state index contributed by atoms with van der Waals surface area (Å²) in [5, 5.41) is 58.7. The van der Waals surface area contributed by atoms with Crippen LogP contribution in [0.1, 0.15) is 24.0 Å². The molecule has 0 aliphatic heterocycles. The number of rotatable bonds is 5. The molecule has 0 aromatic heterocycles. The average Bonchev–Trinajstić information content (AvgIpc) is 2.85. The predicted octanol–water partition coefficient (Wildman–Crippen LogP) is 0.230. The minimum absolute atomic E-state index is 0.113. The Labute approximate surface area is 222 Å². The van der Waals surface area contributed by atoms with Crippen LogP contribution in [-0.4, -0.2) is 92.4 Å². The van der Waals surface area contributed by atoms with E-state index in [1.807, 2.05) is 0 Å². The normalized spacial score (nSPS) is 29.9. The molecule has 0 saturated heterocycles. The van der Waals surface area contributed by atoms with Crippen LogP contribution >= 0.6 is 0 Å². The molecule has 0 bridgehead atoms. The molecule has 0 radical (unpaired) electrons. The van der Waals surface area contributed by atoms with Gasteiger partial charge < -0.3 is 36.0 Å². The highest BCUT2D eigenvalue weighted by atomic mass is 16.5. The second-order valence-corrected chi connectivity index (χ2v) is 9.99. The summed E-state index contributed by atoms with van der Waals surface area (Å²) in [7, 11) is 2.85. The van der Waals surface area contributed by atoms with Gasteiger partial charge in [-0.15, -0.1) is 0 Å². The molecule has 13 nitrogen and oxygen atoms in total. The average molecular weight is 544 g/mol. The first-order chi connectivity index (χ1) is 18.2. The van der Waals surface area contributed by atoms with Gasteiger partial charge >= 0.3 is 6.09 Å². The number of nitrogens with one attached hydrogen (secondary N) is 1. The lowest BCUT2D eigenvalue weighted by molar-refractivity contribution is -0.169. The van der Waals surface area contributed by atoms with Gasteiger partial charge in [0.2, 0.25) is 5.78 Å². The maximum absolute atomic E-state index is 13.9. The molecule has 3 aliphatic carbocycles. The van der Waals surface area contributed by atoms with Crippen LogP contribution in [0.2, 0.25) is 0 Å². The number of nitrogens with zero attached hydrogens (tertiary/aromatic N) is 1. The molecule has 1 fully saturated rings. The fourth-order valence-corrected chi connectivity index (χ4v) is 6.00. The van der Waals surface area contributed by atoms with Gasteiger partial charge in [-0.05, 0) is 31.6 Å². The highest BCUT2D eigenvalue weighted by Crippen LogP contribution is 2.56. The Bertz CT molecular complexity index is 1380. The largest absolute Gasteiger partial charge is 0.508 e. The third-order valence-corrected chi connectivity index (χ3v) is 7.70. The Morgan fingerprint density at radius 1 is 1.23 bits per heavy atom. The molecular weight excluding hydrogens is 514 g/mol. The first-order valence-corrected chi connectivity index (χ1v) is 11.9. The molecule has 3 aliphatic rings. The number of benzene rings is 1. The van der Waals surface area contributed by atoms with Crippen molar-refractivity contribution >= 4 is 35.0 Å². The summed E-state index contributed by atoms with van der Waals surface area (Å²) in [6, 6.07) is 1.36. The summed E-state index contributed by atoms with van der Waals surface area (Å²) in [6.07, 6.45) is -1.30. The zero-order chi connectivity index (χ0) is 29.1. The maximum atomic E-state index is 13.9. The lowest BCUT2D eigenvalue weighted by atomic mass is 9.54. The molecule has 6 atom stereocenters. The third kappa shape index (κ3) is 3.80. The van der Waals surface area contributed by atoms with E-state index < -0.39 is 87.5 Å². The quantitative estimate of drug-likeness (QED) is 0.151. The number of anilines is 1. The van der Waals surface area contributed by atoms with Crippen LogP contribution in [0.3, 0.4) is 0 Å². The SMILES string of the molecule is C=CCOC(=O)Nc1ccc2c(c1O)C(O)=C1C(=O)C3(O)C(O)=C(C(N)=O)C(=O)C(N(C)C)C3C(O)C1C2C. The molecule has 208 valence electrons. The van der Waals surface area contributed by atoms with E-state index in [0.29, 0.717) is 5.56 Å². The molecule has 8 N–H and O–H groups in total. The lowest BCUT2D eigenvalue weighted by Gasteiger charge is -2.53. The third-order valence-electron chi connectivity index (χ3n) is 7.70. The number of ether oxygens (including phenoxy) is 1. The zero-order valence-corrected chi connectivity index (χ0v) is 21.3.